The lowest BCUT2D eigenvalue weighted by Gasteiger charge is -2.18. The molecule has 2 aliphatic rings. The number of ketones is 1. The molecule has 3 heterocycles. The van der Waals surface area contributed by atoms with Crippen molar-refractivity contribution in [2.45, 2.75) is 77.1 Å². The molecule has 0 N–H and O–H groups in total. The molecule has 2 aromatic heterocycles. The summed E-state index contributed by atoms with van der Waals surface area (Å²) in [5.41, 5.74) is 0.872. The molecule has 0 radical (unpaired) electrons. The highest BCUT2D eigenvalue weighted by atomic mass is 32.2. The number of ether oxygens (including phenoxy) is 1. The fraction of sp³-hybridized carbons (Fsp3) is 0.667. The summed E-state index contributed by atoms with van der Waals surface area (Å²) in [6.07, 6.45) is 6.41. The van der Waals surface area contributed by atoms with Crippen LogP contribution in [-0.4, -0.2) is 33.8 Å². The molecule has 1 atom stereocenters. The fourth-order valence-corrected chi connectivity index (χ4v) is 6.30. The van der Waals surface area contributed by atoms with Gasteiger partial charge in [0.1, 0.15) is 10.6 Å². The van der Waals surface area contributed by atoms with Crippen LogP contribution in [0.25, 0.3) is 10.2 Å². The molecular formula is C21H28N2O3S2. The van der Waals surface area contributed by atoms with Crippen LogP contribution in [0.1, 0.15) is 56.9 Å². The van der Waals surface area contributed by atoms with Crippen molar-refractivity contribution in [3.63, 3.8) is 0 Å². The highest BCUT2D eigenvalue weighted by molar-refractivity contribution is 7.99. The molecule has 0 bridgehead atoms. The summed E-state index contributed by atoms with van der Waals surface area (Å²) in [6, 6.07) is 0. The maximum Gasteiger partial charge on any atom is 0.263 e. The average Bonchev–Trinajstić information content (AvgIpc) is 3.28. The standard InChI is InChI=1S/C21H28N2O3S2/c1-21(2,3)16(24)12-27-20-22-18-17(14-8-4-5-9-15(14)28-18)19(25)23(20)11-13-7-6-10-26-13/h13H,4-12H2,1-3H3. The van der Waals surface area contributed by atoms with Gasteiger partial charge in [0.25, 0.3) is 5.56 Å². The summed E-state index contributed by atoms with van der Waals surface area (Å²) in [6.45, 7) is 7.07. The first kappa shape index (κ1) is 20.1. The molecule has 0 spiro atoms. The predicted molar refractivity (Wildman–Crippen MR) is 115 cm³/mol. The minimum atomic E-state index is -0.390. The van der Waals surface area contributed by atoms with Crippen LogP contribution in [0, 0.1) is 5.41 Å². The Morgan fingerprint density at radius 1 is 1.29 bits per heavy atom. The van der Waals surface area contributed by atoms with Crippen molar-refractivity contribution in [2.75, 3.05) is 12.4 Å². The molecular weight excluding hydrogens is 392 g/mol. The number of nitrogens with zero attached hydrogens (tertiary/aromatic N) is 2. The van der Waals surface area contributed by atoms with Crippen LogP contribution in [0.5, 0.6) is 0 Å². The minimum Gasteiger partial charge on any atom is -0.376 e. The Bertz CT molecular complexity index is 949. The summed E-state index contributed by atoms with van der Waals surface area (Å²) in [5, 5.41) is 1.47. The van der Waals surface area contributed by atoms with Crippen molar-refractivity contribution < 1.29 is 9.53 Å². The van der Waals surface area contributed by atoms with Gasteiger partial charge >= 0.3 is 0 Å². The lowest BCUT2D eigenvalue weighted by Crippen LogP contribution is -2.29. The third kappa shape index (κ3) is 3.94. The van der Waals surface area contributed by atoms with E-state index in [4.69, 9.17) is 9.72 Å². The fourth-order valence-electron chi connectivity index (χ4n) is 3.83. The average molecular weight is 421 g/mol. The van der Waals surface area contributed by atoms with Gasteiger partial charge in [-0.3, -0.25) is 14.2 Å². The third-order valence-electron chi connectivity index (χ3n) is 5.62. The summed E-state index contributed by atoms with van der Waals surface area (Å²) in [7, 11) is 0. The molecule has 1 aliphatic heterocycles. The number of thioether (sulfide) groups is 1. The van der Waals surface area contributed by atoms with Gasteiger partial charge in [-0.25, -0.2) is 4.98 Å². The number of aromatic nitrogens is 2. The monoisotopic (exact) mass is 420 g/mol. The highest BCUT2D eigenvalue weighted by Crippen LogP contribution is 2.35. The molecule has 5 nitrogen and oxygen atoms in total. The highest BCUT2D eigenvalue weighted by Gasteiger charge is 2.26. The van der Waals surface area contributed by atoms with Crippen molar-refractivity contribution in [3.8, 4) is 0 Å². The van der Waals surface area contributed by atoms with E-state index >= 15 is 0 Å². The molecule has 28 heavy (non-hydrogen) atoms. The van der Waals surface area contributed by atoms with Gasteiger partial charge < -0.3 is 4.74 Å². The number of hydrogen-bond acceptors (Lipinski definition) is 6. The van der Waals surface area contributed by atoms with Crippen molar-refractivity contribution in [1.82, 2.24) is 9.55 Å². The number of carbonyl (C=O) groups is 1. The number of fused-ring (bicyclic) bond motifs is 3. The van der Waals surface area contributed by atoms with E-state index in [1.54, 1.807) is 15.9 Å². The van der Waals surface area contributed by atoms with E-state index in [-0.39, 0.29) is 17.4 Å². The zero-order chi connectivity index (χ0) is 19.9. The van der Waals surface area contributed by atoms with E-state index in [0.717, 1.165) is 48.9 Å². The third-order valence-corrected chi connectivity index (χ3v) is 7.78. The van der Waals surface area contributed by atoms with Gasteiger partial charge in [-0.1, -0.05) is 32.5 Å². The van der Waals surface area contributed by atoms with Gasteiger partial charge in [0, 0.05) is 16.9 Å². The van der Waals surface area contributed by atoms with Gasteiger partial charge in [-0.2, -0.15) is 0 Å². The Morgan fingerprint density at radius 2 is 2.07 bits per heavy atom. The number of aryl methyl sites for hydroxylation is 2. The molecule has 0 amide bonds. The van der Waals surface area contributed by atoms with Crippen LogP contribution in [0.2, 0.25) is 0 Å². The van der Waals surface area contributed by atoms with E-state index in [2.05, 4.69) is 0 Å². The predicted octanol–water partition coefficient (Wildman–Crippen LogP) is 4.22. The molecule has 0 saturated carbocycles. The number of Topliss-reactive ketones (excluding diaryl/α,β-unsaturated/α-hetero) is 1. The second-order valence-corrected chi connectivity index (χ2v) is 10.8. The van der Waals surface area contributed by atoms with Gasteiger partial charge in [0.15, 0.2) is 5.16 Å². The molecule has 2 aromatic rings. The van der Waals surface area contributed by atoms with Crippen LogP contribution in [0.4, 0.5) is 0 Å². The number of hydrogen-bond donors (Lipinski definition) is 0. The lowest BCUT2D eigenvalue weighted by atomic mass is 9.92. The van der Waals surface area contributed by atoms with Crippen molar-refractivity contribution in [2.24, 2.45) is 5.41 Å². The lowest BCUT2D eigenvalue weighted by molar-refractivity contribution is -0.123. The molecule has 4 rings (SSSR count). The maximum absolute atomic E-state index is 13.5. The zero-order valence-corrected chi connectivity index (χ0v) is 18.5. The van der Waals surface area contributed by atoms with E-state index in [1.165, 1.54) is 28.6 Å². The smallest absolute Gasteiger partial charge is 0.263 e. The van der Waals surface area contributed by atoms with Crippen LogP contribution >= 0.6 is 23.1 Å². The molecule has 1 unspecified atom stereocenters. The Hall–Kier alpha value is -1.18. The van der Waals surface area contributed by atoms with Crippen LogP contribution < -0.4 is 5.56 Å². The summed E-state index contributed by atoms with van der Waals surface area (Å²) in [4.78, 5) is 33.0. The Morgan fingerprint density at radius 3 is 2.79 bits per heavy atom. The summed E-state index contributed by atoms with van der Waals surface area (Å²) < 4.78 is 7.57. The Kier molecular flexibility index (Phi) is 5.69. The first-order chi connectivity index (χ1) is 13.3. The maximum atomic E-state index is 13.5. The first-order valence-electron chi connectivity index (χ1n) is 10.2. The zero-order valence-electron chi connectivity index (χ0n) is 16.9. The molecule has 0 aromatic carbocycles. The van der Waals surface area contributed by atoms with Gasteiger partial charge in [-0.05, 0) is 44.1 Å². The normalized spacial score (nSPS) is 19.9. The summed E-state index contributed by atoms with van der Waals surface area (Å²) >= 11 is 3.06. The number of rotatable bonds is 5. The van der Waals surface area contributed by atoms with Gasteiger partial charge in [0.2, 0.25) is 0 Å². The van der Waals surface area contributed by atoms with Crippen molar-refractivity contribution in [3.05, 3.63) is 20.8 Å². The SMILES string of the molecule is CC(C)(C)C(=O)CSc1nc2sc3c(c2c(=O)n1CC1CCCO1)CCCC3. The Balaban J connectivity index is 1.75. The van der Waals surface area contributed by atoms with Gasteiger partial charge in [0.05, 0.1) is 23.8 Å². The van der Waals surface area contributed by atoms with Crippen LogP contribution in [0.3, 0.4) is 0 Å². The van der Waals surface area contributed by atoms with E-state index in [9.17, 15) is 9.59 Å². The number of thiophene rings is 1. The van der Waals surface area contributed by atoms with Crippen molar-refractivity contribution in [1.29, 1.82) is 0 Å². The Labute approximate surface area is 173 Å². The molecule has 152 valence electrons. The molecule has 1 aliphatic carbocycles. The van der Waals surface area contributed by atoms with E-state index in [0.29, 0.717) is 17.5 Å². The van der Waals surface area contributed by atoms with Crippen molar-refractivity contribution >= 4 is 39.1 Å². The quantitative estimate of drug-likeness (QED) is 0.535. The number of carbonyl (C=O) groups excluding carboxylic acids is 1. The molecule has 1 fully saturated rings. The van der Waals surface area contributed by atoms with Gasteiger partial charge in [-0.15, -0.1) is 11.3 Å². The largest absolute Gasteiger partial charge is 0.376 e. The topological polar surface area (TPSA) is 61.2 Å². The minimum absolute atomic E-state index is 0.0469. The second-order valence-electron chi connectivity index (χ2n) is 8.80. The van der Waals surface area contributed by atoms with Crippen LogP contribution in [0.15, 0.2) is 9.95 Å². The summed E-state index contributed by atoms with van der Waals surface area (Å²) in [5.74, 6) is 0.499. The van der Waals surface area contributed by atoms with E-state index < -0.39 is 5.41 Å². The van der Waals surface area contributed by atoms with Crippen LogP contribution in [-0.2, 0) is 28.9 Å². The molecule has 1 saturated heterocycles. The second kappa shape index (κ2) is 7.92. The molecule has 7 heteroatoms. The van der Waals surface area contributed by atoms with E-state index in [1.807, 2.05) is 20.8 Å². The first-order valence-corrected chi connectivity index (χ1v) is 12.0.